The molecule has 0 bridgehead atoms. The number of rotatable bonds is 3. The molecule has 0 aliphatic carbocycles. The van der Waals surface area contributed by atoms with Crippen LogP contribution in [0.25, 0.3) is 0 Å². The minimum absolute atomic E-state index is 0.167. The fourth-order valence-electron chi connectivity index (χ4n) is 2.75. The molecule has 0 amide bonds. The van der Waals surface area contributed by atoms with Gasteiger partial charge in [0.2, 0.25) is 10.0 Å². The van der Waals surface area contributed by atoms with Crippen LogP contribution in [0.4, 0.5) is 11.4 Å². The standard InChI is InChI=1S/C15H17ClN4O2S/c16-15-11-12(5-6-18-15)19-7-9-20(10-8-19)13-3-1-2-4-14(13)23(17,21)22/h1-6,11H,7-10H2,(H2,17,21,22). The first-order valence-electron chi connectivity index (χ1n) is 7.18. The Labute approximate surface area is 140 Å². The van der Waals surface area contributed by atoms with Crippen molar-refractivity contribution in [3.05, 3.63) is 47.7 Å². The first-order chi connectivity index (χ1) is 10.9. The van der Waals surface area contributed by atoms with E-state index in [-0.39, 0.29) is 4.90 Å². The maximum absolute atomic E-state index is 11.7. The quantitative estimate of drug-likeness (QED) is 0.851. The van der Waals surface area contributed by atoms with Crippen LogP contribution in [0.15, 0.2) is 47.5 Å². The summed E-state index contributed by atoms with van der Waals surface area (Å²) in [5.41, 5.74) is 1.67. The largest absolute Gasteiger partial charge is 0.368 e. The van der Waals surface area contributed by atoms with Crippen molar-refractivity contribution in [1.82, 2.24) is 4.98 Å². The average molecular weight is 353 g/mol. The van der Waals surface area contributed by atoms with Crippen molar-refractivity contribution in [1.29, 1.82) is 0 Å². The fraction of sp³-hybridized carbons (Fsp3) is 0.267. The Morgan fingerprint density at radius 2 is 1.70 bits per heavy atom. The van der Waals surface area contributed by atoms with Gasteiger partial charge in [-0.3, -0.25) is 0 Å². The molecular weight excluding hydrogens is 336 g/mol. The number of primary sulfonamides is 1. The van der Waals surface area contributed by atoms with Gasteiger partial charge >= 0.3 is 0 Å². The summed E-state index contributed by atoms with van der Waals surface area (Å²) in [6.07, 6.45) is 1.68. The van der Waals surface area contributed by atoms with Gasteiger partial charge in [0, 0.05) is 38.1 Å². The van der Waals surface area contributed by atoms with Crippen LogP contribution < -0.4 is 14.9 Å². The van der Waals surface area contributed by atoms with Crippen LogP contribution in [0.1, 0.15) is 0 Å². The number of nitrogens with two attached hydrogens (primary N) is 1. The molecule has 0 radical (unpaired) electrons. The first-order valence-corrected chi connectivity index (χ1v) is 9.11. The third kappa shape index (κ3) is 3.57. The predicted octanol–water partition coefficient (Wildman–Crippen LogP) is 1.71. The molecule has 1 fully saturated rings. The topological polar surface area (TPSA) is 79.5 Å². The van der Waals surface area contributed by atoms with Crippen molar-refractivity contribution < 1.29 is 8.42 Å². The second kappa shape index (κ2) is 6.35. The van der Waals surface area contributed by atoms with Gasteiger partial charge in [0.25, 0.3) is 0 Å². The Morgan fingerprint density at radius 3 is 2.35 bits per heavy atom. The highest BCUT2D eigenvalue weighted by Crippen LogP contribution is 2.26. The van der Waals surface area contributed by atoms with Crippen LogP contribution >= 0.6 is 11.6 Å². The molecule has 6 nitrogen and oxygen atoms in total. The Morgan fingerprint density at radius 1 is 1.04 bits per heavy atom. The molecular formula is C15H17ClN4O2S. The molecule has 1 aromatic heterocycles. The van der Waals surface area contributed by atoms with E-state index >= 15 is 0 Å². The molecule has 2 N–H and O–H groups in total. The van der Waals surface area contributed by atoms with Crippen molar-refractivity contribution in [2.75, 3.05) is 36.0 Å². The molecule has 2 aromatic rings. The molecule has 23 heavy (non-hydrogen) atoms. The summed E-state index contributed by atoms with van der Waals surface area (Å²) in [4.78, 5) is 8.39. The number of piperazine rings is 1. The van der Waals surface area contributed by atoms with E-state index in [0.29, 0.717) is 23.9 Å². The van der Waals surface area contributed by atoms with Crippen LogP contribution in [0.3, 0.4) is 0 Å². The number of anilines is 2. The van der Waals surface area contributed by atoms with Gasteiger partial charge in [-0.05, 0) is 24.3 Å². The van der Waals surface area contributed by atoms with Gasteiger partial charge in [-0.2, -0.15) is 0 Å². The lowest BCUT2D eigenvalue weighted by Crippen LogP contribution is -2.47. The van der Waals surface area contributed by atoms with Crippen molar-refractivity contribution >= 4 is 33.0 Å². The van der Waals surface area contributed by atoms with Gasteiger partial charge in [0.1, 0.15) is 10.0 Å². The molecule has 0 saturated carbocycles. The third-order valence-electron chi connectivity index (χ3n) is 3.87. The smallest absolute Gasteiger partial charge is 0.240 e. The van der Waals surface area contributed by atoms with E-state index in [0.717, 1.165) is 18.8 Å². The van der Waals surface area contributed by atoms with E-state index in [1.54, 1.807) is 24.4 Å². The van der Waals surface area contributed by atoms with E-state index in [1.807, 2.05) is 23.1 Å². The Balaban J connectivity index is 1.78. The highest BCUT2D eigenvalue weighted by atomic mass is 35.5. The summed E-state index contributed by atoms with van der Waals surface area (Å²) in [5.74, 6) is 0. The minimum atomic E-state index is -3.74. The van der Waals surface area contributed by atoms with E-state index in [9.17, 15) is 8.42 Å². The summed E-state index contributed by atoms with van der Waals surface area (Å²) in [5, 5.41) is 5.78. The zero-order valence-corrected chi connectivity index (χ0v) is 14.0. The zero-order chi connectivity index (χ0) is 16.4. The maximum Gasteiger partial charge on any atom is 0.240 e. The second-order valence-corrected chi connectivity index (χ2v) is 7.24. The average Bonchev–Trinajstić information content (AvgIpc) is 2.54. The molecule has 1 saturated heterocycles. The van der Waals surface area contributed by atoms with Gasteiger partial charge in [0.15, 0.2) is 0 Å². The molecule has 1 aliphatic heterocycles. The Kier molecular flexibility index (Phi) is 4.43. The minimum Gasteiger partial charge on any atom is -0.368 e. The lowest BCUT2D eigenvalue weighted by Gasteiger charge is -2.37. The van der Waals surface area contributed by atoms with Crippen molar-refractivity contribution in [3.8, 4) is 0 Å². The van der Waals surface area contributed by atoms with Crippen molar-refractivity contribution in [2.45, 2.75) is 4.90 Å². The number of para-hydroxylation sites is 1. The summed E-state index contributed by atoms with van der Waals surface area (Å²) >= 11 is 5.93. The first kappa shape index (κ1) is 16.0. The fourth-order valence-corrected chi connectivity index (χ4v) is 3.68. The van der Waals surface area contributed by atoms with E-state index in [2.05, 4.69) is 9.88 Å². The molecule has 2 heterocycles. The number of sulfonamides is 1. The summed E-state index contributed by atoms with van der Waals surface area (Å²) < 4.78 is 23.5. The number of pyridine rings is 1. The highest BCUT2D eigenvalue weighted by Gasteiger charge is 2.22. The van der Waals surface area contributed by atoms with Gasteiger partial charge in [0.05, 0.1) is 5.69 Å². The molecule has 1 aliphatic rings. The number of hydrogen-bond donors (Lipinski definition) is 1. The third-order valence-corrected chi connectivity index (χ3v) is 5.03. The summed E-state index contributed by atoms with van der Waals surface area (Å²) in [6, 6.07) is 10.6. The van der Waals surface area contributed by atoms with Crippen LogP contribution in [0.5, 0.6) is 0 Å². The SMILES string of the molecule is NS(=O)(=O)c1ccccc1N1CCN(c2ccnc(Cl)c2)CC1. The molecule has 1 aromatic carbocycles. The number of aromatic nitrogens is 1. The van der Waals surface area contributed by atoms with Gasteiger partial charge in [-0.25, -0.2) is 18.5 Å². The van der Waals surface area contributed by atoms with Crippen molar-refractivity contribution in [2.24, 2.45) is 5.14 Å². The Hall–Kier alpha value is -1.83. The highest BCUT2D eigenvalue weighted by molar-refractivity contribution is 7.89. The summed E-state index contributed by atoms with van der Waals surface area (Å²) in [7, 11) is -3.74. The normalized spacial score (nSPS) is 15.7. The molecule has 0 atom stereocenters. The van der Waals surface area contributed by atoms with Crippen molar-refractivity contribution in [3.63, 3.8) is 0 Å². The number of nitrogens with zero attached hydrogens (tertiary/aromatic N) is 3. The van der Waals surface area contributed by atoms with Gasteiger partial charge in [-0.15, -0.1) is 0 Å². The monoisotopic (exact) mass is 352 g/mol. The van der Waals surface area contributed by atoms with Crippen LogP contribution in [-0.2, 0) is 10.0 Å². The van der Waals surface area contributed by atoms with E-state index in [4.69, 9.17) is 16.7 Å². The Bertz CT molecular complexity index is 805. The molecule has 8 heteroatoms. The molecule has 0 unspecified atom stereocenters. The van der Waals surface area contributed by atoms with Gasteiger partial charge < -0.3 is 9.80 Å². The number of halogens is 1. The van der Waals surface area contributed by atoms with Gasteiger partial charge in [-0.1, -0.05) is 23.7 Å². The number of hydrogen-bond acceptors (Lipinski definition) is 5. The summed E-state index contributed by atoms with van der Waals surface area (Å²) in [6.45, 7) is 2.93. The van der Waals surface area contributed by atoms with Crippen LogP contribution in [0.2, 0.25) is 5.15 Å². The predicted molar refractivity (Wildman–Crippen MR) is 91.5 cm³/mol. The molecule has 122 valence electrons. The zero-order valence-electron chi connectivity index (χ0n) is 12.4. The van der Waals surface area contributed by atoms with E-state index < -0.39 is 10.0 Å². The molecule has 3 rings (SSSR count). The second-order valence-electron chi connectivity index (χ2n) is 5.32. The lowest BCUT2D eigenvalue weighted by molar-refractivity contribution is 0.595. The number of benzene rings is 1. The molecule has 0 spiro atoms. The lowest BCUT2D eigenvalue weighted by atomic mass is 10.2. The van der Waals surface area contributed by atoms with Crippen LogP contribution in [-0.4, -0.2) is 39.6 Å². The van der Waals surface area contributed by atoms with Crippen LogP contribution in [0, 0.1) is 0 Å². The maximum atomic E-state index is 11.7. The van der Waals surface area contributed by atoms with E-state index in [1.165, 1.54) is 0 Å².